The van der Waals surface area contributed by atoms with Crippen LogP contribution in [0.2, 0.25) is 0 Å². The molecule has 0 spiro atoms. The third-order valence-electron chi connectivity index (χ3n) is 3.13. The molecule has 0 atom stereocenters. The summed E-state index contributed by atoms with van der Waals surface area (Å²) in [6, 6.07) is 3.35. The van der Waals surface area contributed by atoms with Gasteiger partial charge in [0.2, 0.25) is 0 Å². The molecular weight excluding hydrogens is 378 g/mol. The number of allylic oxidation sites excluding steroid dienone is 1. The van der Waals surface area contributed by atoms with E-state index >= 15 is 0 Å². The maximum Gasteiger partial charge on any atom is 0.272 e. The topological polar surface area (TPSA) is 105 Å². The highest BCUT2D eigenvalue weighted by molar-refractivity contribution is 9.10. The van der Waals surface area contributed by atoms with Gasteiger partial charge in [-0.2, -0.15) is 0 Å². The lowest BCUT2D eigenvalue weighted by molar-refractivity contribution is 0.531. The van der Waals surface area contributed by atoms with E-state index in [1.165, 1.54) is 18.5 Å². The van der Waals surface area contributed by atoms with Crippen LogP contribution < -0.4 is 21.8 Å². The molecule has 8 heteroatoms. The summed E-state index contributed by atoms with van der Waals surface area (Å²) < 4.78 is 11.0. The molecule has 0 aliphatic carbocycles. The Hall–Kier alpha value is -2.87. The van der Waals surface area contributed by atoms with E-state index in [2.05, 4.69) is 37.5 Å². The van der Waals surface area contributed by atoms with Crippen molar-refractivity contribution in [2.24, 2.45) is 0 Å². The van der Waals surface area contributed by atoms with Crippen LogP contribution in [-0.2, 0) is 0 Å². The highest BCUT2D eigenvalue weighted by Gasteiger charge is 2.07. The maximum absolute atomic E-state index is 12.2. The predicted molar refractivity (Wildman–Crippen MR) is 91.7 cm³/mol. The van der Waals surface area contributed by atoms with Gasteiger partial charge in [0, 0.05) is 6.08 Å². The molecule has 0 fully saturated rings. The van der Waals surface area contributed by atoms with Crippen molar-refractivity contribution in [2.75, 3.05) is 0 Å². The fourth-order valence-electron chi connectivity index (χ4n) is 2.06. The zero-order chi connectivity index (χ0) is 17.3. The summed E-state index contributed by atoms with van der Waals surface area (Å²) in [7, 11) is 0. The van der Waals surface area contributed by atoms with Crippen LogP contribution in [0.15, 0.2) is 48.2 Å². The smallest absolute Gasteiger partial charge is 0.272 e. The average molecular weight is 390 g/mol. The maximum atomic E-state index is 12.2. The number of aromatic amines is 2. The fourth-order valence-corrected chi connectivity index (χ4v) is 2.38. The van der Waals surface area contributed by atoms with Crippen molar-refractivity contribution in [1.29, 1.82) is 0 Å². The van der Waals surface area contributed by atoms with Crippen molar-refractivity contribution in [1.82, 2.24) is 15.0 Å². The average Bonchev–Trinajstić information content (AvgIpc) is 3.13. The lowest BCUT2D eigenvalue weighted by Crippen LogP contribution is -2.46. The molecule has 122 valence electrons. The molecule has 3 rings (SSSR count). The van der Waals surface area contributed by atoms with E-state index < -0.39 is 11.1 Å². The zero-order valence-electron chi connectivity index (χ0n) is 12.6. The van der Waals surface area contributed by atoms with Gasteiger partial charge in [0.1, 0.15) is 22.2 Å². The van der Waals surface area contributed by atoms with E-state index in [0.717, 1.165) is 0 Å². The quantitative estimate of drug-likeness (QED) is 0.697. The second-order valence-corrected chi connectivity index (χ2v) is 5.79. The van der Waals surface area contributed by atoms with Crippen LogP contribution in [0.5, 0.6) is 0 Å². The zero-order valence-corrected chi connectivity index (χ0v) is 14.1. The summed E-state index contributed by atoms with van der Waals surface area (Å²) in [4.78, 5) is 33.4. The second kappa shape index (κ2) is 6.32. The Morgan fingerprint density at radius 2 is 1.88 bits per heavy atom. The predicted octanol–water partition coefficient (Wildman–Crippen LogP) is 1.10. The lowest BCUT2D eigenvalue weighted by atomic mass is 10.2. The summed E-state index contributed by atoms with van der Waals surface area (Å²) in [6.45, 7) is 5.53. The van der Waals surface area contributed by atoms with Crippen molar-refractivity contribution in [3.05, 3.63) is 78.4 Å². The molecule has 0 radical (unpaired) electrons. The van der Waals surface area contributed by atoms with E-state index in [1.807, 2.05) is 0 Å². The number of rotatable bonds is 3. The monoisotopic (exact) mass is 389 g/mol. The molecule has 0 amide bonds. The SMILES string of the molecule is C=C(C)c1ocnc1/C=c1\[nH]c(=O)/c(=C/c2ccc(Br)o2)[nH]c1=O. The lowest BCUT2D eigenvalue weighted by Gasteiger charge is -1.94. The van der Waals surface area contributed by atoms with Gasteiger partial charge in [0.15, 0.2) is 16.8 Å². The molecule has 24 heavy (non-hydrogen) atoms. The van der Waals surface area contributed by atoms with Gasteiger partial charge in [0.25, 0.3) is 11.1 Å². The van der Waals surface area contributed by atoms with Gasteiger partial charge in [-0.3, -0.25) is 9.59 Å². The van der Waals surface area contributed by atoms with Gasteiger partial charge in [0.05, 0.1) is 0 Å². The van der Waals surface area contributed by atoms with E-state index in [0.29, 0.717) is 27.5 Å². The summed E-state index contributed by atoms with van der Waals surface area (Å²) in [5.41, 5.74) is 0.136. The second-order valence-electron chi connectivity index (χ2n) is 5.01. The van der Waals surface area contributed by atoms with Crippen LogP contribution in [-0.4, -0.2) is 15.0 Å². The molecule has 3 heterocycles. The van der Waals surface area contributed by atoms with Gasteiger partial charge in [-0.1, -0.05) is 6.58 Å². The van der Waals surface area contributed by atoms with Crippen LogP contribution in [0.3, 0.4) is 0 Å². The van der Waals surface area contributed by atoms with Crippen LogP contribution >= 0.6 is 15.9 Å². The standard InChI is InChI=1S/C16H12BrN3O4/c1-8(2)14-10(18-7-23-14)6-12-16(22)19-11(15(21)20-12)5-9-3-4-13(17)24-9/h3-7H,1H2,2H3,(H,19,22)(H,20,21)/b11-5-,12-6-. The third-order valence-corrected chi connectivity index (χ3v) is 3.56. The Morgan fingerprint density at radius 3 is 2.46 bits per heavy atom. The molecule has 0 aromatic carbocycles. The first-order valence-corrected chi connectivity index (χ1v) is 7.64. The number of hydrogen-bond acceptors (Lipinski definition) is 5. The Morgan fingerprint density at radius 1 is 1.21 bits per heavy atom. The minimum atomic E-state index is -0.470. The minimum Gasteiger partial charge on any atom is -0.450 e. The number of aromatic nitrogens is 3. The molecule has 7 nitrogen and oxygen atoms in total. The number of halogens is 1. The van der Waals surface area contributed by atoms with Crippen LogP contribution in [0.25, 0.3) is 17.7 Å². The molecule has 0 bridgehead atoms. The van der Waals surface area contributed by atoms with Crippen LogP contribution in [0.1, 0.15) is 24.1 Å². The number of H-pyrrole nitrogens is 2. The van der Waals surface area contributed by atoms with Crippen LogP contribution in [0.4, 0.5) is 0 Å². The summed E-state index contributed by atoms with van der Waals surface area (Å²) in [6.07, 6.45) is 4.12. The highest BCUT2D eigenvalue weighted by Crippen LogP contribution is 2.16. The molecule has 0 aliphatic rings. The van der Waals surface area contributed by atoms with E-state index in [1.54, 1.807) is 19.1 Å². The third kappa shape index (κ3) is 3.23. The van der Waals surface area contributed by atoms with E-state index in [-0.39, 0.29) is 10.7 Å². The molecular formula is C16H12BrN3O4. The Kier molecular flexibility index (Phi) is 4.22. The highest BCUT2D eigenvalue weighted by atomic mass is 79.9. The first kappa shape index (κ1) is 16.0. The van der Waals surface area contributed by atoms with E-state index in [9.17, 15) is 9.59 Å². The summed E-state index contributed by atoms with van der Waals surface area (Å²) in [5.74, 6) is 0.882. The fraction of sp³-hybridized carbons (Fsp3) is 0.0625. The first-order valence-electron chi connectivity index (χ1n) is 6.85. The summed E-state index contributed by atoms with van der Waals surface area (Å²) in [5, 5.41) is 0.147. The Bertz CT molecular complexity index is 1150. The van der Waals surface area contributed by atoms with Crippen molar-refractivity contribution >= 4 is 33.7 Å². The molecule has 0 aliphatic heterocycles. The normalized spacial score (nSPS) is 12.8. The number of nitrogens with one attached hydrogen (secondary N) is 2. The van der Waals surface area contributed by atoms with Crippen molar-refractivity contribution in [2.45, 2.75) is 6.92 Å². The van der Waals surface area contributed by atoms with Gasteiger partial charge in [-0.15, -0.1) is 0 Å². The molecule has 0 saturated carbocycles. The van der Waals surface area contributed by atoms with Crippen LogP contribution in [0, 0.1) is 0 Å². The molecule has 3 aromatic heterocycles. The van der Waals surface area contributed by atoms with Crippen molar-refractivity contribution < 1.29 is 8.83 Å². The molecule has 0 saturated heterocycles. The number of hydrogen-bond donors (Lipinski definition) is 2. The van der Waals surface area contributed by atoms with Gasteiger partial charge < -0.3 is 18.8 Å². The Balaban J connectivity index is 2.15. The largest absolute Gasteiger partial charge is 0.450 e. The van der Waals surface area contributed by atoms with Crippen molar-refractivity contribution in [3.8, 4) is 0 Å². The van der Waals surface area contributed by atoms with Crippen molar-refractivity contribution in [3.63, 3.8) is 0 Å². The number of furan rings is 1. The first-order chi connectivity index (χ1) is 11.4. The minimum absolute atomic E-state index is 0.0641. The van der Waals surface area contributed by atoms with Gasteiger partial charge >= 0.3 is 0 Å². The Labute approximate surface area is 143 Å². The molecule has 2 N–H and O–H groups in total. The number of nitrogens with zero attached hydrogens (tertiary/aromatic N) is 1. The summed E-state index contributed by atoms with van der Waals surface area (Å²) >= 11 is 3.17. The van der Waals surface area contributed by atoms with Gasteiger partial charge in [-0.25, -0.2) is 4.98 Å². The van der Waals surface area contributed by atoms with Gasteiger partial charge in [-0.05, 0) is 46.6 Å². The van der Waals surface area contributed by atoms with E-state index in [4.69, 9.17) is 8.83 Å². The molecule has 3 aromatic rings. The number of oxazole rings is 1. The molecule has 0 unspecified atom stereocenters.